The molecule has 0 aromatic carbocycles. The van der Waals surface area contributed by atoms with Gasteiger partial charge in [-0.3, -0.25) is 0 Å². The number of hydrogen-bond donors (Lipinski definition) is 1. The van der Waals surface area contributed by atoms with E-state index in [0.717, 1.165) is 12.8 Å². The van der Waals surface area contributed by atoms with Crippen molar-refractivity contribution in [1.82, 2.24) is 5.32 Å². The van der Waals surface area contributed by atoms with E-state index in [2.05, 4.69) is 88.4 Å². The van der Waals surface area contributed by atoms with E-state index in [9.17, 15) is 0 Å². The summed E-state index contributed by atoms with van der Waals surface area (Å²) in [5.74, 6) is 0.643. The van der Waals surface area contributed by atoms with Crippen LogP contribution in [-0.4, -0.2) is 23.8 Å². The molecule has 23 heavy (non-hydrogen) atoms. The summed E-state index contributed by atoms with van der Waals surface area (Å²) in [4.78, 5) is 0. The van der Waals surface area contributed by atoms with Crippen molar-refractivity contribution in [1.29, 1.82) is 0 Å². The zero-order valence-electron chi connectivity index (χ0n) is 18.4. The third kappa shape index (κ3) is 6.74. The fraction of sp³-hybridized carbons (Fsp3) is 1.00. The van der Waals surface area contributed by atoms with Crippen LogP contribution >= 0.6 is 0 Å². The summed E-state index contributed by atoms with van der Waals surface area (Å²) in [6.45, 7) is 27.5. The molecule has 0 radical (unpaired) electrons. The molecule has 0 fully saturated rings. The normalized spacial score (nSPS) is 15.4. The van der Waals surface area contributed by atoms with Gasteiger partial charge in [-0.25, -0.2) is 0 Å². The fourth-order valence-corrected chi connectivity index (χ4v) is 3.57. The summed E-state index contributed by atoms with van der Waals surface area (Å²) in [5.41, 5.74) is 0.105. The Balaban J connectivity index is 5.22. The topological polar surface area (TPSA) is 21.3 Å². The molecule has 140 valence electrons. The Kier molecular flexibility index (Phi) is 7.01. The molecule has 2 nitrogen and oxygen atoms in total. The highest BCUT2D eigenvalue weighted by Crippen LogP contribution is 2.45. The zero-order chi connectivity index (χ0) is 18.9. The number of hydrogen-bond acceptors (Lipinski definition) is 2. The van der Waals surface area contributed by atoms with E-state index in [1.54, 1.807) is 0 Å². The molecule has 1 N–H and O–H groups in total. The summed E-state index contributed by atoms with van der Waals surface area (Å²) in [6.07, 6.45) is 2.12. The minimum atomic E-state index is -0.197. The molecule has 0 aliphatic rings. The van der Waals surface area contributed by atoms with Crippen molar-refractivity contribution in [3.8, 4) is 0 Å². The number of rotatable bonds is 9. The van der Waals surface area contributed by atoms with Crippen LogP contribution in [-0.2, 0) is 4.74 Å². The van der Waals surface area contributed by atoms with Crippen molar-refractivity contribution < 1.29 is 4.74 Å². The van der Waals surface area contributed by atoms with Crippen LogP contribution in [0.15, 0.2) is 0 Å². The molecule has 0 aromatic rings. The third-order valence-corrected chi connectivity index (χ3v) is 6.17. The molecule has 0 heterocycles. The van der Waals surface area contributed by atoms with E-state index >= 15 is 0 Å². The standard InChI is InChI=1S/C21H45NO/c1-16(2)17(3,4)14-20(9,10)23-21(11,12)18(5,6)15-19(7,8)22-13/h16,22H,14-15H2,1-13H3. The van der Waals surface area contributed by atoms with E-state index < -0.39 is 0 Å². The van der Waals surface area contributed by atoms with Crippen LogP contribution in [0.1, 0.15) is 95.9 Å². The van der Waals surface area contributed by atoms with E-state index in [1.165, 1.54) is 0 Å². The molecule has 0 amide bonds. The lowest BCUT2D eigenvalue weighted by molar-refractivity contribution is -0.191. The zero-order valence-corrected chi connectivity index (χ0v) is 18.4. The highest BCUT2D eigenvalue weighted by Gasteiger charge is 2.45. The van der Waals surface area contributed by atoms with Crippen molar-refractivity contribution in [3.05, 3.63) is 0 Å². The summed E-state index contributed by atoms with van der Waals surface area (Å²) < 4.78 is 6.74. The molecule has 0 unspecified atom stereocenters. The van der Waals surface area contributed by atoms with Crippen LogP contribution < -0.4 is 5.32 Å². The van der Waals surface area contributed by atoms with Gasteiger partial charge in [-0.15, -0.1) is 0 Å². The first-order valence-corrected chi connectivity index (χ1v) is 9.27. The van der Waals surface area contributed by atoms with E-state index in [0.29, 0.717) is 5.92 Å². The lowest BCUT2D eigenvalue weighted by Gasteiger charge is -2.50. The largest absolute Gasteiger partial charge is 0.369 e. The molecule has 0 atom stereocenters. The van der Waals surface area contributed by atoms with Gasteiger partial charge in [0.25, 0.3) is 0 Å². The molecule has 0 aromatic heterocycles. The third-order valence-electron chi connectivity index (χ3n) is 6.17. The molecule has 0 aliphatic heterocycles. The first-order chi connectivity index (χ1) is 9.88. The molecule has 0 bridgehead atoms. The molecule has 0 spiro atoms. The van der Waals surface area contributed by atoms with Gasteiger partial charge in [-0.2, -0.15) is 0 Å². The van der Waals surface area contributed by atoms with Gasteiger partial charge in [0.15, 0.2) is 0 Å². The van der Waals surface area contributed by atoms with Crippen molar-refractivity contribution in [3.63, 3.8) is 0 Å². The summed E-state index contributed by atoms with van der Waals surface area (Å²) in [5, 5.41) is 3.43. The molecule has 2 heteroatoms. The molecule has 0 rings (SSSR count). The average molecular weight is 328 g/mol. The smallest absolute Gasteiger partial charge is 0.0685 e. The molecule has 0 aliphatic carbocycles. The maximum absolute atomic E-state index is 6.74. The maximum atomic E-state index is 6.74. The summed E-state index contributed by atoms with van der Waals surface area (Å²) in [7, 11) is 2.04. The predicted molar refractivity (Wildman–Crippen MR) is 104 cm³/mol. The first-order valence-electron chi connectivity index (χ1n) is 9.27. The Morgan fingerprint density at radius 2 is 1.22 bits per heavy atom. The number of ether oxygens (including phenoxy) is 1. The lowest BCUT2D eigenvalue weighted by atomic mass is 9.68. The molecule has 0 saturated heterocycles. The van der Waals surface area contributed by atoms with E-state index in [-0.39, 0.29) is 27.6 Å². The van der Waals surface area contributed by atoms with Gasteiger partial charge in [0.2, 0.25) is 0 Å². The Morgan fingerprint density at radius 1 is 0.783 bits per heavy atom. The summed E-state index contributed by atoms with van der Waals surface area (Å²) >= 11 is 0. The monoisotopic (exact) mass is 327 g/mol. The second kappa shape index (κ2) is 7.04. The van der Waals surface area contributed by atoms with Crippen LogP contribution in [0, 0.1) is 16.7 Å². The summed E-state index contributed by atoms with van der Waals surface area (Å²) in [6, 6.07) is 0. The van der Waals surface area contributed by atoms with Crippen molar-refractivity contribution in [2.45, 2.75) is 113 Å². The highest BCUT2D eigenvalue weighted by atomic mass is 16.5. The maximum Gasteiger partial charge on any atom is 0.0685 e. The van der Waals surface area contributed by atoms with Crippen LogP contribution in [0.3, 0.4) is 0 Å². The highest BCUT2D eigenvalue weighted by molar-refractivity contribution is 4.96. The first kappa shape index (κ1) is 22.9. The molecular weight excluding hydrogens is 282 g/mol. The van der Waals surface area contributed by atoms with Crippen molar-refractivity contribution in [2.24, 2.45) is 16.7 Å². The van der Waals surface area contributed by atoms with Crippen LogP contribution in [0.25, 0.3) is 0 Å². The Hall–Kier alpha value is -0.0800. The van der Waals surface area contributed by atoms with Crippen molar-refractivity contribution in [2.75, 3.05) is 7.05 Å². The average Bonchev–Trinajstić information content (AvgIpc) is 2.23. The second-order valence-corrected chi connectivity index (χ2v) is 10.9. The minimum Gasteiger partial charge on any atom is -0.369 e. The van der Waals surface area contributed by atoms with Gasteiger partial charge in [0.1, 0.15) is 0 Å². The lowest BCUT2D eigenvalue weighted by Crippen LogP contribution is -2.53. The predicted octanol–water partition coefficient (Wildman–Crippen LogP) is 6.05. The Labute approximate surface area is 147 Å². The fourth-order valence-electron chi connectivity index (χ4n) is 3.57. The van der Waals surface area contributed by atoms with Crippen molar-refractivity contribution >= 4 is 0 Å². The van der Waals surface area contributed by atoms with Gasteiger partial charge in [0.05, 0.1) is 11.2 Å². The molecular formula is C21H45NO. The SMILES string of the molecule is CNC(C)(C)CC(C)(C)C(C)(C)OC(C)(C)CC(C)(C)C(C)C. The van der Waals surface area contributed by atoms with E-state index in [1.807, 2.05) is 7.05 Å². The van der Waals surface area contributed by atoms with Crippen LogP contribution in [0.2, 0.25) is 0 Å². The van der Waals surface area contributed by atoms with E-state index in [4.69, 9.17) is 4.74 Å². The van der Waals surface area contributed by atoms with Crippen LogP contribution in [0.4, 0.5) is 0 Å². The Morgan fingerprint density at radius 3 is 1.57 bits per heavy atom. The molecule has 0 saturated carbocycles. The van der Waals surface area contributed by atoms with Gasteiger partial charge in [-0.1, -0.05) is 41.5 Å². The quantitative estimate of drug-likeness (QED) is 0.557. The van der Waals surface area contributed by atoms with Gasteiger partial charge >= 0.3 is 0 Å². The second-order valence-electron chi connectivity index (χ2n) is 10.9. The van der Waals surface area contributed by atoms with Gasteiger partial charge in [0, 0.05) is 5.54 Å². The van der Waals surface area contributed by atoms with Gasteiger partial charge < -0.3 is 10.1 Å². The van der Waals surface area contributed by atoms with Gasteiger partial charge in [-0.05, 0) is 78.2 Å². The van der Waals surface area contributed by atoms with Crippen LogP contribution in [0.5, 0.6) is 0 Å². The number of nitrogens with one attached hydrogen (secondary N) is 1. The minimum absolute atomic E-state index is 0.0682. The Bertz CT molecular complexity index is 375.